The van der Waals surface area contributed by atoms with Gasteiger partial charge in [0.25, 0.3) is 0 Å². The largest absolute Gasteiger partial charge is 0.508 e. The van der Waals surface area contributed by atoms with Gasteiger partial charge in [-0.25, -0.2) is 0 Å². The molecule has 1 atom stereocenters. The Morgan fingerprint density at radius 3 is 2.80 bits per heavy atom. The van der Waals surface area contributed by atoms with Gasteiger partial charge in [0.05, 0.1) is 7.11 Å². The standard InChI is InChI=1S/C12H17NO2/c1-8(13-9-3-4-9)11-7-10(15-2)5-6-12(11)14/h5-9,13-14H,3-4H2,1-2H3. The third-order valence-electron chi connectivity index (χ3n) is 2.76. The Kier molecular flexibility index (Phi) is 2.82. The van der Waals surface area contributed by atoms with Crippen LogP contribution in [-0.2, 0) is 0 Å². The summed E-state index contributed by atoms with van der Waals surface area (Å²) < 4.78 is 5.14. The topological polar surface area (TPSA) is 41.5 Å². The Morgan fingerprint density at radius 2 is 2.20 bits per heavy atom. The molecule has 0 radical (unpaired) electrons. The number of phenols is 1. The Bertz CT molecular complexity index is 347. The Morgan fingerprint density at radius 1 is 1.47 bits per heavy atom. The summed E-state index contributed by atoms with van der Waals surface area (Å²) in [6, 6.07) is 6.13. The van der Waals surface area contributed by atoms with Crippen molar-refractivity contribution in [2.24, 2.45) is 0 Å². The van der Waals surface area contributed by atoms with Gasteiger partial charge in [-0.3, -0.25) is 0 Å². The van der Waals surface area contributed by atoms with Crippen LogP contribution in [0.5, 0.6) is 11.5 Å². The van der Waals surface area contributed by atoms with Crippen LogP contribution in [0.2, 0.25) is 0 Å². The third kappa shape index (κ3) is 2.42. The molecular weight excluding hydrogens is 190 g/mol. The molecule has 0 heterocycles. The predicted octanol–water partition coefficient (Wildman–Crippen LogP) is 2.21. The van der Waals surface area contributed by atoms with Crippen LogP contribution in [-0.4, -0.2) is 18.3 Å². The lowest BCUT2D eigenvalue weighted by molar-refractivity contribution is 0.407. The maximum absolute atomic E-state index is 9.74. The number of ether oxygens (including phenoxy) is 1. The molecule has 1 saturated carbocycles. The van der Waals surface area contributed by atoms with E-state index in [1.54, 1.807) is 19.2 Å². The number of methoxy groups -OCH3 is 1. The van der Waals surface area contributed by atoms with Crippen LogP contribution in [0.1, 0.15) is 31.4 Å². The van der Waals surface area contributed by atoms with Crippen LogP contribution < -0.4 is 10.1 Å². The van der Waals surface area contributed by atoms with Crippen molar-refractivity contribution in [1.82, 2.24) is 5.32 Å². The molecule has 2 rings (SSSR count). The van der Waals surface area contributed by atoms with Crippen molar-refractivity contribution in [3.63, 3.8) is 0 Å². The fourth-order valence-electron chi connectivity index (χ4n) is 1.70. The fourth-order valence-corrected chi connectivity index (χ4v) is 1.70. The highest BCUT2D eigenvalue weighted by Crippen LogP contribution is 2.31. The number of benzene rings is 1. The second-order valence-electron chi connectivity index (χ2n) is 4.09. The van der Waals surface area contributed by atoms with E-state index < -0.39 is 0 Å². The molecule has 0 aromatic heterocycles. The van der Waals surface area contributed by atoms with Crippen LogP contribution in [0, 0.1) is 0 Å². The predicted molar refractivity (Wildman–Crippen MR) is 59.2 cm³/mol. The number of hydrogen-bond acceptors (Lipinski definition) is 3. The zero-order valence-electron chi connectivity index (χ0n) is 9.16. The van der Waals surface area contributed by atoms with Crippen molar-refractivity contribution in [2.75, 3.05) is 7.11 Å². The quantitative estimate of drug-likeness (QED) is 0.795. The van der Waals surface area contributed by atoms with Gasteiger partial charge in [-0.2, -0.15) is 0 Å². The van der Waals surface area contributed by atoms with E-state index in [2.05, 4.69) is 12.2 Å². The van der Waals surface area contributed by atoms with Gasteiger partial charge in [-0.05, 0) is 38.0 Å². The molecule has 0 amide bonds. The molecule has 1 aromatic carbocycles. The number of rotatable bonds is 4. The normalized spacial score (nSPS) is 17.5. The van der Waals surface area contributed by atoms with Crippen molar-refractivity contribution < 1.29 is 9.84 Å². The van der Waals surface area contributed by atoms with E-state index in [1.807, 2.05) is 6.07 Å². The van der Waals surface area contributed by atoms with Gasteiger partial charge in [-0.1, -0.05) is 0 Å². The molecule has 3 heteroatoms. The molecule has 2 N–H and O–H groups in total. The number of nitrogens with one attached hydrogen (secondary N) is 1. The molecule has 3 nitrogen and oxygen atoms in total. The average molecular weight is 207 g/mol. The molecule has 0 spiro atoms. The maximum atomic E-state index is 9.74. The lowest BCUT2D eigenvalue weighted by Gasteiger charge is -2.15. The zero-order chi connectivity index (χ0) is 10.8. The second-order valence-corrected chi connectivity index (χ2v) is 4.09. The summed E-state index contributed by atoms with van der Waals surface area (Å²) >= 11 is 0. The maximum Gasteiger partial charge on any atom is 0.120 e. The highest BCUT2D eigenvalue weighted by atomic mass is 16.5. The highest BCUT2D eigenvalue weighted by molar-refractivity contribution is 5.41. The Balaban J connectivity index is 2.16. The molecule has 0 aliphatic heterocycles. The van der Waals surface area contributed by atoms with Gasteiger partial charge in [0.2, 0.25) is 0 Å². The molecule has 1 fully saturated rings. The van der Waals surface area contributed by atoms with Crippen LogP contribution in [0.25, 0.3) is 0 Å². The van der Waals surface area contributed by atoms with Crippen molar-refractivity contribution in [2.45, 2.75) is 31.8 Å². The lowest BCUT2D eigenvalue weighted by atomic mass is 10.1. The summed E-state index contributed by atoms with van der Waals surface area (Å²) in [5.41, 5.74) is 0.904. The van der Waals surface area contributed by atoms with Crippen LogP contribution in [0.15, 0.2) is 18.2 Å². The van der Waals surface area contributed by atoms with E-state index in [4.69, 9.17) is 4.74 Å². The second kappa shape index (κ2) is 4.11. The SMILES string of the molecule is COc1ccc(O)c(C(C)NC2CC2)c1. The van der Waals surface area contributed by atoms with Crippen LogP contribution in [0.3, 0.4) is 0 Å². The molecule has 82 valence electrons. The Labute approximate surface area is 90.1 Å². The zero-order valence-corrected chi connectivity index (χ0v) is 9.16. The average Bonchev–Trinajstić information content (AvgIpc) is 3.02. The minimum atomic E-state index is 0.174. The number of phenolic OH excluding ortho intramolecular Hbond substituents is 1. The summed E-state index contributed by atoms with van der Waals surface area (Å²) in [6.07, 6.45) is 2.49. The summed E-state index contributed by atoms with van der Waals surface area (Å²) in [7, 11) is 1.63. The third-order valence-corrected chi connectivity index (χ3v) is 2.76. The van der Waals surface area contributed by atoms with E-state index in [0.717, 1.165) is 11.3 Å². The van der Waals surface area contributed by atoms with Crippen molar-refractivity contribution in [3.05, 3.63) is 23.8 Å². The van der Waals surface area contributed by atoms with Gasteiger partial charge in [0.15, 0.2) is 0 Å². The summed E-state index contributed by atoms with van der Waals surface area (Å²) in [6.45, 7) is 2.06. The molecule has 1 aliphatic rings. The smallest absolute Gasteiger partial charge is 0.120 e. The van der Waals surface area contributed by atoms with Crippen molar-refractivity contribution in [1.29, 1.82) is 0 Å². The van der Waals surface area contributed by atoms with Gasteiger partial charge >= 0.3 is 0 Å². The first-order valence-electron chi connectivity index (χ1n) is 5.33. The van der Waals surface area contributed by atoms with E-state index in [-0.39, 0.29) is 6.04 Å². The monoisotopic (exact) mass is 207 g/mol. The molecule has 0 saturated heterocycles. The van der Waals surface area contributed by atoms with Gasteiger partial charge in [0, 0.05) is 17.6 Å². The number of aromatic hydroxyl groups is 1. The van der Waals surface area contributed by atoms with Gasteiger partial charge in [-0.15, -0.1) is 0 Å². The first-order valence-corrected chi connectivity index (χ1v) is 5.33. The fraction of sp³-hybridized carbons (Fsp3) is 0.500. The van der Waals surface area contributed by atoms with Crippen molar-refractivity contribution >= 4 is 0 Å². The molecule has 15 heavy (non-hydrogen) atoms. The first kappa shape index (κ1) is 10.3. The first-order chi connectivity index (χ1) is 7.20. The van der Waals surface area contributed by atoms with Crippen molar-refractivity contribution in [3.8, 4) is 11.5 Å². The number of hydrogen-bond donors (Lipinski definition) is 2. The van der Waals surface area contributed by atoms with Crippen LogP contribution in [0.4, 0.5) is 0 Å². The summed E-state index contributed by atoms with van der Waals surface area (Å²) in [5, 5.41) is 13.2. The summed E-state index contributed by atoms with van der Waals surface area (Å²) in [5.74, 6) is 1.11. The van der Waals surface area contributed by atoms with Gasteiger partial charge in [0.1, 0.15) is 11.5 Å². The molecule has 1 unspecified atom stereocenters. The molecule has 1 aromatic rings. The molecule has 1 aliphatic carbocycles. The van der Waals surface area contributed by atoms with E-state index in [1.165, 1.54) is 12.8 Å². The van der Waals surface area contributed by atoms with Gasteiger partial charge < -0.3 is 15.2 Å². The van der Waals surface area contributed by atoms with E-state index >= 15 is 0 Å². The summed E-state index contributed by atoms with van der Waals surface area (Å²) in [4.78, 5) is 0. The minimum absolute atomic E-state index is 0.174. The lowest BCUT2D eigenvalue weighted by Crippen LogP contribution is -2.20. The minimum Gasteiger partial charge on any atom is -0.508 e. The Hall–Kier alpha value is -1.22. The van der Waals surface area contributed by atoms with Crippen LogP contribution >= 0.6 is 0 Å². The highest BCUT2D eigenvalue weighted by Gasteiger charge is 2.24. The molecular formula is C12H17NO2. The van der Waals surface area contributed by atoms with E-state index in [9.17, 15) is 5.11 Å². The molecule has 0 bridgehead atoms. The van der Waals surface area contributed by atoms with E-state index in [0.29, 0.717) is 11.8 Å².